The van der Waals surface area contributed by atoms with E-state index in [9.17, 15) is 9.59 Å². The van der Waals surface area contributed by atoms with Crippen LogP contribution < -0.4 is 10.6 Å². The first kappa shape index (κ1) is 20.6. The average Bonchev–Trinajstić information content (AvgIpc) is 2.63. The fourth-order valence-corrected chi connectivity index (χ4v) is 3.18. The molecule has 0 fully saturated rings. The molecule has 4 nitrogen and oxygen atoms in total. The van der Waals surface area contributed by atoms with E-state index in [1.54, 1.807) is 18.2 Å². The van der Waals surface area contributed by atoms with E-state index < -0.39 is 0 Å². The average molecular weight is 411 g/mol. The second-order valence-corrected chi connectivity index (χ2v) is 7.45. The van der Waals surface area contributed by atoms with Crippen molar-refractivity contribution in [2.45, 2.75) is 31.1 Å². The molecule has 2 amide bonds. The van der Waals surface area contributed by atoms with Gasteiger partial charge in [0.05, 0.1) is 21.5 Å². The summed E-state index contributed by atoms with van der Waals surface area (Å²) in [6.07, 6.45) is 2.40. The van der Waals surface area contributed by atoms with Gasteiger partial charge in [-0.3, -0.25) is 9.59 Å². The quantitative estimate of drug-likeness (QED) is 0.536. The summed E-state index contributed by atoms with van der Waals surface area (Å²) >= 11 is 13.4. The van der Waals surface area contributed by atoms with Crippen molar-refractivity contribution in [1.82, 2.24) is 0 Å². The maximum absolute atomic E-state index is 12.1. The van der Waals surface area contributed by atoms with Crippen LogP contribution in [0.4, 0.5) is 11.4 Å². The molecule has 0 radical (unpaired) electrons. The molecule has 0 spiro atoms. The lowest BCUT2D eigenvalue weighted by molar-refractivity contribution is -0.116. The largest absolute Gasteiger partial charge is 0.326 e. The van der Waals surface area contributed by atoms with Gasteiger partial charge in [0.25, 0.3) is 0 Å². The number of benzene rings is 2. The molecule has 0 atom stereocenters. The molecule has 2 rings (SSSR count). The number of anilines is 2. The van der Waals surface area contributed by atoms with Crippen LogP contribution >= 0.6 is 35.0 Å². The van der Waals surface area contributed by atoms with Gasteiger partial charge >= 0.3 is 0 Å². The molecule has 2 aromatic carbocycles. The fraction of sp³-hybridized carbons (Fsp3) is 0.263. The fourth-order valence-electron chi connectivity index (χ4n) is 2.13. The normalized spacial score (nSPS) is 10.4. The highest BCUT2D eigenvalue weighted by atomic mass is 35.5. The van der Waals surface area contributed by atoms with Gasteiger partial charge in [-0.15, -0.1) is 11.8 Å². The Morgan fingerprint density at radius 1 is 1.00 bits per heavy atom. The molecule has 26 heavy (non-hydrogen) atoms. The first-order valence-electron chi connectivity index (χ1n) is 8.26. The second-order valence-electron chi connectivity index (χ2n) is 5.61. The van der Waals surface area contributed by atoms with Gasteiger partial charge in [0.2, 0.25) is 11.8 Å². The lowest BCUT2D eigenvalue weighted by Crippen LogP contribution is -2.14. The third kappa shape index (κ3) is 6.56. The van der Waals surface area contributed by atoms with E-state index in [0.717, 1.165) is 23.4 Å². The summed E-state index contributed by atoms with van der Waals surface area (Å²) < 4.78 is 0. The number of amides is 2. The molecule has 0 aliphatic carbocycles. The maximum atomic E-state index is 12.1. The molecule has 138 valence electrons. The van der Waals surface area contributed by atoms with Crippen molar-refractivity contribution in [2.24, 2.45) is 0 Å². The Morgan fingerprint density at radius 2 is 1.73 bits per heavy atom. The molecule has 0 aliphatic heterocycles. The molecule has 2 aromatic rings. The SMILES string of the molecule is CCCCC(=O)Nc1ccc(SCC(=O)Nc2cccc(Cl)c2Cl)cc1. The number of thioether (sulfide) groups is 1. The molecule has 0 aromatic heterocycles. The highest BCUT2D eigenvalue weighted by Gasteiger charge is 2.09. The van der Waals surface area contributed by atoms with Crippen LogP contribution in [0.3, 0.4) is 0 Å². The van der Waals surface area contributed by atoms with Crippen molar-refractivity contribution in [1.29, 1.82) is 0 Å². The Bertz CT molecular complexity index is 767. The van der Waals surface area contributed by atoms with Gasteiger partial charge in [0.1, 0.15) is 0 Å². The molecule has 0 heterocycles. The Balaban J connectivity index is 1.82. The molecule has 0 saturated carbocycles. The number of rotatable bonds is 8. The summed E-state index contributed by atoms with van der Waals surface area (Å²) in [5.41, 5.74) is 1.25. The highest BCUT2D eigenvalue weighted by Crippen LogP contribution is 2.30. The van der Waals surface area contributed by atoms with Gasteiger partial charge in [0.15, 0.2) is 0 Å². The summed E-state index contributed by atoms with van der Waals surface area (Å²) in [6, 6.07) is 12.5. The summed E-state index contributed by atoms with van der Waals surface area (Å²) in [5.74, 6) is 0.0894. The molecule has 0 bridgehead atoms. The van der Waals surface area contributed by atoms with Crippen molar-refractivity contribution in [3.05, 3.63) is 52.5 Å². The Kier molecular flexibility index (Phi) is 8.29. The topological polar surface area (TPSA) is 58.2 Å². The van der Waals surface area contributed by atoms with Crippen LogP contribution in [0.15, 0.2) is 47.4 Å². The van der Waals surface area contributed by atoms with E-state index in [1.165, 1.54) is 11.8 Å². The Hall–Kier alpha value is -1.69. The number of nitrogens with one attached hydrogen (secondary N) is 2. The van der Waals surface area contributed by atoms with Crippen molar-refractivity contribution in [2.75, 3.05) is 16.4 Å². The minimum absolute atomic E-state index is 0.0185. The van der Waals surface area contributed by atoms with Crippen LogP contribution in [-0.4, -0.2) is 17.6 Å². The molecular weight excluding hydrogens is 391 g/mol. The lowest BCUT2D eigenvalue weighted by Gasteiger charge is -2.09. The molecule has 2 N–H and O–H groups in total. The van der Waals surface area contributed by atoms with E-state index in [0.29, 0.717) is 22.2 Å². The number of unbranched alkanes of at least 4 members (excludes halogenated alkanes) is 1. The predicted octanol–water partition coefficient (Wildman–Crippen LogP) is 5.85. The summed E-state index contributed by atoms with van der Waals surface area (Å²) in [7, 11) is 0. The third-order valence-corrected chi connectivity index (χ3v) is 5.32. The lowest BCUT2D eigenvalue weighted by atomic mass is 10.2. The summed E-state index contributed by atoms with van der Waals surface area (Å²) in [5, 5.41) is 6.33. The highest BCUT2D eigenvalue weighted by molar-refractivity contribution is 8.00. The van der Waals surface area contributed by atoms with Crippen LogP contribution in [-0.2, 0) is 9.59 Å². The van der Waals surface area contributed by atoms with Crippen LogP contribution in [0.25, 0.3) is 0 Å². The van der Waals surface area contributed by atoms with E-state index >= 15 is 0 Å². The first-order chi connectivity index (χ1) is 12.5. The molecule has 7 heteroatoms. The zero-order chi connectivity index (χ0) is 18.9. The van der Waals surface area contributed by atoms with Crippen LogP contribution in [0.5, 0.6) is 0 Å². The van der Waals surface area contributed by atoms with Gasteiger partial charge < -0.3 is 10.6 Å². The molecule has 0 saturated heterocycles. The van der Waals surface area contributed by atoms with E-state index in [2.05, 4.69) is 17.6 Å². The third-order valence-electron chi connectivity index (χ3n) is 3.49. The predicted molar refractivity (Wildman–Crippen MR) is 110 cm³/mol. The van der Waals surface area contributed by atoms with Crippen molar-refractivity contribution < 1.29 is 9.59 Å². The van der Waals surface area contributed by atoms with E-state index in [-0.39, 0.29) is 17.6 Å². The number of halogens is 2. The summed E-state index contributed by atoms with van der Waals surface area (Å²) in [6.45, 7) is 2.05. The van der Waals surface area contributed by atoms with Gasteiger partial charge in [-0.1, -0.05) is 42.6 Å². The Labute approximate surface area is 167 Å². The number of carbonyl (C=O) groups excluding carboxylic acids is 2. The number of carbonyl (C=O) groups is 2. The maximum Gasteiger partial charge on any atom is 0.234 e. The minimum Gasteiger partial charge on any atom is -0.326 e. The van der Waals surface area contributed by atoms with E-state index in [4.69, 9.17) is 23.2 Å². The molecule has 0 aliphatic rings. The Morgan fingerprint density at radius 3 is 2.42 bits per heavy atom. The van der Waals surface area contributed by atoms with E-state index in [1.807, 2.05) is 24.3 Å². The van der Waals surface area contributed by atoms with Crippen LogP contribution in [0.2, 0.25) is 10.0 Å². The molecular formula is C19H20Cl2N2O2S. The van der Waals surface area contributed by atoms with Gasteiger partial charge in [-0.25, -0.2) is 0 Å². The van der Waals surface area contributed by atoms with Crippen LogP contribution in [0, 0.1) is 0 Å². The monoisotopic (exact) mass is 410 g/mol. The first-order valence-corrected chi connectivity index (χ1v) is 10.0. The molecule has 0 unspecified atom stereocenters. The standard InChI is InChI=1S/C19H20Cl2N2O2S/c1-2-3-7-17(24)22-13-8-10-14(11-9-13)26-12-18(25)23-16-6-4-5-15(20)19(16)21/h4-6,8-11H,2-3,7,12H2,1H3,(H,22,24)(H,23,25). The van der Waals surface area contributed by atoms with Crippen molar-refractivity contribution >= 4 is 58.2 Å². The number of hydrogen-bond acceptors (Lipinski definition) is 3. The van der Waals surface area contributed by atoms with Gasteiger partial charge in [-0.05, 0) is 42.8 Å². The van der Waals surface area contributed by atoms with Gasteiger partial charge in [0, 0.05) is 17.0 Å². The van der Waals surface area contributed by atoms with Crippen LogP contribution in [0.1, 0.15) is 26.2 Å². The van der Waals surface area contributed by atoms with Gasteiger partial charge in [-0.2, -0.15) is 0 Å². The summed E-state index contributed by atoms with van der Waals surface area (Å²) in [4.78, 5) is 24.7. The number of hydrogen-bond donors (Lipinski definition) is 2. The zero-order valence-corrected chi connectivity index (χ0v) is 16.7. The zero-order valence-electron chi connectivity index (χ0n) is 14.4. The smallest absolute Gasteiger partial charge is 0.234 e. The van der Waals surface area contributed by atoms with Crippen molar-refractivity contribution in [3.63, 3.8) is 0 Å². The van der Waals surface area contributed by atoms with Crippen molar-refractivity contribution in [3.8, 4) is 0 Å². The second kappa shape index (κ2) is 10.5. The minimum atomic E-state index is -0.170.